The third kappa shape index (κ3) is 6.68. The van der Waals surface area contributed by atoms with Crippen molar-refractivity contribution in [1.29, 1.82) is 0 Å². The van der Waals surface area contributed by atoms with Gasteiger partial charge in [-0.1, -0.05) is 0 Å². The summed E-state index contributed by atoms with van der Waals surface area (Å²) < 4.78 is 12.2. The van der Waals surface area contributed by atoms with Crippen molar-refractivity contribution in [3.63, 3.8) is 0 Å². The van der Waals surface area contributed by atoms with Gasteiger partial charge in [0.2, 0.25) is 0 Å². The van der Waals surface area contributed by atoms with Crippen molar-refractivity contribution in [1.82, 2.24) is 0 Å². The molecule has 0 unspecified atom stereocenters. The van der Waals surface area contributed by atoms with Gasteiger partial charge in [-0.3, -0.25) is 0 Å². The Morgan fingerprint density at radius 3 is 1.20 bits per heavy atom. The average Bonchev–Trinajstić information content (AvgIpc) is 2.00. The highest BCUT2D eigenvalue weighted by atomic mass is 28.5. The van der Waals surface area contributed by atoms with Crippen molar-refractivity contribution in [2.75, 3.05) is 0 Å². The molecule has 0 bridgehead atoms. The molecule has 0 aromatic rings. The lowest BCUT2D eigenvalue weighted by Crippen LogP contribution is -2.51. The highest BCUT2D eigenvalue weighted by molar-refractivity contribution is 6.87. The minimum absolute atomic E-state index is 0.636. The molecule has 15 heavy (non-hydrogen) atoms. The van der Waals surface area contributed by atoms with Crippen molar-refractivity contribution >= 4 is 25.2 Å². The molecule has 2 nitrogen and oxygen atoms in total. The summed E-state index contributed by atoms with van der Waals surface area (Å²) in [6, 6.07) is 1.27. The zero-order valence-electron chi connectivity index (χ0n) is 10.9. The van der Waals surface area contributed by atoms with E-state index in [-0.39, 0.29) is 0 Å². The SMILES string of the molecule is [CH]C[Si](C)(C)O[Si](C)(C)O[Si](C)(C)C[CH]. The van der Waals surface area contributed by atoms with Gasteiger partial charge >= 0.3 is 8.56 Å². The summed E-state index contributed by atoms with van der Waals surface area (Å²) in [5.74, 6) is 0. The predicted molar refractivity (Wildman–Crippen MR) is 72.8 cm³/mol. The summed E-state index contributed by atoms with van der Waals surface area (Å²) in [5, 5.41) is 0. The van der Waals surface area contributed by atoms with Crippen LogP contribution in [0, 0.1) is 13.8 Å². The molecule has 0 spiro atoms. The van der Waals surface area contributed by atoms with Gasteiger partial charge in [0.25, 0.3) is 0 Å². The Hall–Kier alpha value is 0.571. The van der Waals surface area contributed by atoms with Gasteiger partial charge in [-0.2, -0.15) is 0 Å². The first-order valence-electron chi connectivity index (χ1n) is 5.34. The molecule has 4 radical (unpaired) electrons. The van der Waals surface area contributed by atoms with E-state index in [9.17, 15) is 0 Å². The molecule has 0 rings (SSSR count). The molecule has 0 saturated heterocycles. The van der Waals surface area contributed by atoms with Crippen LogP contribution in [0.25, 0.3) is 0 Å². The van der Waals surface area contributed by atoms with Crippen molar-refractivity contribution in [3.8, 4) is 0 Å². The lowest BCUT2D eigenvalue weighted by atomic mass is 11.0. The number of rotatable bonds is 6. The molecule has 0 N–H and O–H groups in total. The summed E-state index contributed by atoms with van der Waals surface area (Å²) >= 11 is 0. The molecule has 0 fully saturated rings. The molecular formula is C10H24O2Si3. The second kappa shape index (κ2) is 5.27. The first kappa shape index (κ1) is 15.6. The molecule has 0 aliphatic carbocycles. The molecule has 0 amide bonds. The van der Waals surface area contributed by atoms with Crippen molar-refractivity contribution in [2.24, 2.45) is 0 Å². The van der Waals surface area contributed by atoms with Gasteiger partial charge in [0.15, 0.2) is 16.6 Å². The monoisotopic (exact) mass is 260 g/mol. The zero-order valence-corrected chi connectivity index (χ0v) is 13.9. The van der Waals surface area contributed by atoms with Gasteiger partial charge in [0.1, 0.15) is 0 Å². The van der Waals surface area contributed by atoms with E-state index in [2.05, 4.69) is 39.3 Å². The van der Waals surface area contributed by atoms with Crippen LogP contribution in [0.5, 0.6) is 0 Å². The molecule has 0 atom stereocenters. The van der Waals surface area contributed by atoms with E-state index in [4.69, 9.17) is 22.1 Å². The van der Waals surface area contributed by atoms with E-state index in [0.29, 0.717) is 12.1 Å². The molecule has 0 aromatic heterocycles. The van der Waals surface area contributed by atoms with Crippen LogP contribution in [0.3, 0.4) is 0 Å². The third-order valence-corrected chi connectivity index (χ3v) is 12.3. The second-order valence-electron chi connectivity index (χ2n) is 5.53. The fourth-order valence-corrected chi connectivity index (χ4v) is 13.3. The molecule has 5 heteroatoms. The first-order chi connectivity index (χ1) is 6.54. The summed E-state index contributed by atoms with van der Waals surface area (Å²) in [7, 11) is -5.51. The Balaban J connectivity index is 4.43. The van der Waals surface area contributed by atoms with E-state index >= 15 is 0 Å². The minimum Gasteiger partial charge on any atom is -0.436 e. The van der Waals surface area contributed by atoms with E-state index < -0.39 is 25.2 Å². The summed E-state index contributed by atoms with van der Waals surface area (Å²) in [6.07, 6.45) is 0. The lowest BCUT2D eigenvalue weighted by molar-refractivity contribution is 0.391. The molecule has 0 heterocycles. The maximum atomic E-state index is 6.12. The van der Waals surface area contributed by atoms with Crippen LogP contribution < -0.4 is 0 Å². The van der Waals surface area contributed by atoms with Crippen molar-refractivity contribution in [2.45, 2.75) is 51.4 Å². The Morgan fingerprint density at radius 2 is 1.00 bits per heavy atom. The van der Waals surface area contributed by atoms with E-state index in [1.165, 1.54) is 0 Å². The number of hydrogen-bond donors (Lipinski definition) is 0. The first-order valence-corrected chi connectivity index (χ1v) is 14.4. The molecular weight excluding hydrogens is 236 g/mol. The van der Waals surface area contributed by atoms with Crippen LogP contribution in [0.4, 0.5) is 0 Å². The molecule has 0 aromatic carbocycles. The second-order valence-corrected chi connectivity index (χ2v) is 17.8. The molecule has 0 aliphatic heterocycles. The van der Waals surface area contributed by atoms with Crippen molar-refractivity contribution in [3.05, 3.63) is 13.8 Å². The maximum absolute atomic E-state index is 6.12. The topological polar surface area (TPSA) is 18.5 Å². The van der Waals surface area contributed by atoms with Crippen LogP contribution >= 0.6 is 0 Å². The Labute approximate surface area is 98.9 Å². The van der Waals surface area contributed by atoms with Gasteiger partial charge in [-0.05, 0) is 65.2 Å². The van der Waals surface area contributed by atoms with E-state index in [0.717, 1.165) is 0 Å². The minimum atomic E-state index is -2.05. The van der Waals surface area contributed by atoms with Crippen LogP contribution in [-0.4, -0.2) is 25.2 Å². The van der Waals surface area contributed by atoms with Crippen LogP contribution in [-0.2, 0) is 8.23 Å². The smallest absolute Gasteiger partial charge is 0.311 e. The molecule has 0 aliphatic rings. The fourth-order valence-electron chi connectivity index (χ4n) is 1.43. The van der Waals surface area contributed by atoms with Crippen LogP contribution in [0.2, 0.25) is 51.4 Å². The fraction of sp³-hybridized carbons (Fsp3) is 0.800. The quantitative estimate of drug-likeness (QED) is 0.680. The molecule has 88 valence electrons. The zero-order chi connectivity index (χ0) is 12.3. The van der Waals surface area contributed by atoms with E-state index in [1.54, 1.807) is 0 Å². The highest BCUT2D eigenvalue weighted by Crippen LogP contribution is 2.23. The Morgan fingerprint density at radius 1 is 0.733 bits per heavy atom. The van der Waals surface area contributed by atoms with E-state index in [1.807, 2.05) is 0 Å². The van der Waals surface area contributed by atoms with Gasteiger partial charge in [-0.15, -0.1) is 0 Å². The van der Waals surface area contributed by atoms with Gasteiger partial charge in [-0.25, -0.2) is 0 Å². The van der Waals surface area contributed by atoms with Crippen LogP contribution in [0.15, 0.2) is 0 Å². The van der Waals surface area contributed by atoms with Crippen LogP contribution in [0.1, 0.15) is 0 Å². The van der Waals surface area contributed by atoms with Gasteiger partial charge in [0, 0.05) is 0 Å². The highest BCUT2D eigenvalue weighted by Gasteiger charge is 2.38. The summed E-state index contributed by atoms with van der Waals surface area (Å²) in [6.45, 7) is 24.1. The summed E-state index contributed by atoms with van der Waals surface area (Å²) in [4.78, 5) is 0. The maximum Gasteiger partial charge on any atom is 0.311 e. The van der Waals surface area contributed by atoms with Gasteiger partial charge < -0.3 is 8.23 Å². The Bertz CT molecular complexity index is 183. The third-order valence-electron chi connectivity index (χ3n) is 2.03. The van der Waals surface area contributed by atoms with Gasteiger partial charge in [0.05, 0.1) is 0 Å². The molecule has 0 saturated carbocycles. The average molecular weight is 261 g/mol. The Kier molecular flexibility index (Phi) is 5.47. The standard InChI is InChI=1S/C10H24O2Si3/c1-9-13(3,4)11-15(7,8)12-14(5,6)10-2/h1-2H,9-10H2,3-8H3. The largest absolute Gasteiger partial charge is 0.436 e. The summed E-state index contributed by atoms with van der Waals surface area (Å²) in [5.41, 5.74) is 0. The number of hydrogen-bond acceptors (Lipinski definition) is 2. The normalized spacial score (nSPS) is 14.4. The van der Waals surface area contributed by atoms with Crippen molar-refractivity contribution < 1.29 is 8.23 Å². The predicted octanol–water partition coefficient (Wildman–Crippen LogP) is 3.55. The lowest BCUT2D eigenvalue weighted by Gasteiger charge is -2.37.